The maximum Gasteiger partial charge on any atom is 0.573 e. The number of aromatic nitrogens is 1. The summed E-state index contributed by atoms with van der Waals surface area (Å²) in [4.78, 5) is 15.2. The lowest BCUT2D eigenvalue weighted by atomic mass is 10.1. The Morgan fingerprint density at radius 3 is 2.58 bits per heavy atom. The zero-order chi connectivity index (χ0) is 14.6. The van der Waals surface area contributed by atoms with Crippen molar-refractivity contribution in [2.24, 2.45) is 5.73 Å². The molecule has 106 valence electrons. The highest BCUT2D eigenvalue weighted by atomic mass is 19.4. The van der Waals surface area contributed by atoms with Crippen LogP contribution in [0, 0.1) is 0 Å². The van der Waals surface area contributed by atoms with Gasteiger partial charge in [-0.05, 0) is 6.92 Å². The number of carbonyl (C=O) groups is 1. The van der Waals surface area contributed by atoms with E-state index in [0.29, 0.717) is 0 Å². The average molecular weight is 279 g/mol. The first-order chi connectivity index (χ1) is 8.80. The highest BCUT2D eigenvalue weighted by molar-refractivity contribution is 5.98. The minimum Gasteiger partial charge on any atom is -0.462 e. The standard InChI is InChI=1S/C10H12F3N3O3/c1-2-18-9(17)7-6(19-10(11,12)13)4-16-5(3-14)8(7)15/h4H,2-3,14-15H2,1H3. The van der Waals surface area contributed by atoms with E-state index in [1.807, 2.05) is 0 Å². The van der Waals surface area contributed by atoms with Gasteiger partial charge in [-0.1, -0.05) is 0 Å². The third-order valence-corrected chi connectivity index (χ3v) is 2.06. The van der Waals surface area contributed by atoms with Crippen LogP contribution in [0.5, 0.6) is 5.75 Å². The van der Waals surface area contributed by atoms with Crippen LogP contribution in [0.25, 0.3) is 0 Å². The number of pyridine rings is 1. The summed E-state index contributed by atoms with van der Waals surface area (Å²) in [5, 5.41) is 0. The monoisotopic (exact) mass is 279 g/mol. The lowest BCUT2D eigenvalue weighted by molar-refractivity contribution is -0.274. The molecule has 0 aliphatic carbocycles. The molecule has 0 atom stereocenters. The van der Waals surface area contributed by atoms with Gasteiger partial charge in [-0.15, -0.1) is 13.2 Å². The van der Waals surface area contributed by atoms with E-state index in [-0.39, 0.29) is 24.5 Å². The summed E-state index contributed by atoms with van der Waals surface area (Å²) in [6, 6.07) is 0. The first kappa shape index (κ1) is 15.0. The van der Waals surface area contributed by atoms with Crippen molar-refractivity contribution in [2.45, 2.75) is 19.8 Å². The highest BCUT2D eigenvalue weighted by Gasteiger charge is 2.34. The Labute approximate surface area is 106 Å². The van der Waals surface area contributed by atoms with Gasteiger partial charge in [-0.3, -0.25) is 4.98 Å². The molecule has 0 fully saturated rings. The number of alkyl halides is 3. The number of hydrogen-bond acceptors (Lipinski definition) is 6. The molecule has 0 saturated heterocycles. The molecule has 0 aliphatic heterocycles. The summed E-state index contributed by atoms with van der Waals surface area (Å²) in [6.07, 6.45) is -4.24. The fraction of sp³-hybridized carbons (Fsp3) is 0.400. The number of anilines is 1. The van der Waals surface area contributed by atoms with Gasteiger partial charge in [-0.2, -0.15) is 0 Å². The quantitative estimate of drug-likeness (QED) is 0.803. The van der Waals surface area contributed by atoms with Gasteiger partial charge < -0.3 is 20.9 Å². The van der Waals surface area contributed by atoms with Crippen molar-refractivity contribution in [1.29, 1.82) is 0 Å². The molecule has 1 aromatic heterocycles. The number of carbonyl (C=O) groups excluding carboxylic acids is 1. The number of nitrogen functional groups attached to an aromatic ring is 1. The van der Waals surface area contributed by atoms with Gasteiger partial charge in [0.2, 0.25) is 0 Å². The van der Waals surface area contributed by atoms with Gasteiger partial charge in [0.15, 0.2) is 5.75 Å². The van der Waals surface area contributed by atoms with Crippen LogP contribution in [0.3, 0.4) is 0 Å². The molecule has 1 aromatic rings. The minimum atomic E-state index is -4.97. The predicted molar refractivity (Wildman–Crippen MR) is 59.2 cm³/mol. The summed E-state index contributed by atoms with van der Waals surface area (Å²) in [6.45, 7) is 1.35. The van der Waals surface area contributed by atoms with E-state index in [2.05, 4.69) is 14.5 Å². The molecule has 6 nitrogen and oxygen atoms in total. The van der Waals surface area contributed by atoms with Crippen molar-refractivity contribution in [3.05, 3.63) is 17.5 Å². The molecule has 0 aromatic carbocycles. The summed E-state index contributed by atoms with van der Waals surface area (Å²) in [5.41, 5.74) is 10.1. The molecule has 0 radical (unpaired) electrons. The fourth-order valence-corrected chi connectivity index (χ4v) is 1.33. The number of nitrogens with zero attached hydrogens (tertiary/aromatic N) is 1. The molecule has 0 amide bonds. The normalized spacial score (nSPS) is 11.2. The molecule has 0 spiro atoms. The van der Waals surface area contributed by atoms with E-state index in [1.165, 1.54) is 6.92 Å². The maximum atomic E-state index is 12.2. The van der Waals surface area contributed by atoms with Crippen LogP contribution < -0.4 is 16.2 Å². The molecule has 9 heteroatoms. The number of hydrogen-bond donors (Lipinski definition) is 2. The average Bonchev–Trinajstić information content (AvgIpc) is 2.27. The molecule has 19 heavy (non-hydrogen) atoms. The summed E-state index contributed by atoms with van der Waals surface area (Å²) in [7, 11) is 0. The molecular formula is C10H12F3N3O3. The van der Waals surface area contributed by atoms with Gasteiger partial charge in [-0.25, -0.2) is 4.79 Å². The molecule has 0 unspecified atom stereocenters. The zero-order valence-electron chi connectivity index (χ0n) is 9.95. The number of ether oxygens (including phenoxy) is 2. The Balaban J connectivity index is 3.30. The van der Waals surface area contributed by atoms with E-state index in [0.717, 1.165) is 6.20 Å². The van der Waals surface area contributed by atoms with Crippen molar-refractivity contribution in [3.8, 4) is 5.75 Å². The summed E-state index contributed by atoms with van der Waals surface area (Å²) >= 11 is 0. The Morgan fingerprint density at radius 1 is 1.47 bits per heavy atom. The van der Waals surface area contributed by atoms with Crippen LogP contribution in [0.1, 0.15) is 23.0 Å². The van der Waals surface area contributed by atoms with E-state index in [1.54, 1.807) is 0 Å². The van der Waals surface area contributed by atoms with Crippen molar-refractivity contribution in [2.75, 3.05) is 12.3 Å². The zero-order valence-corrected chi connectivity index (χ0v) is 9.95. The Kier molecular flexibility index (Phi) is 4.54. The van der Waals surface area contributed by atoms with E-state index < -0.39 is 23.6 Å². The second-order valence-electron chi connectivity index (χ2n) is 3.33. The number of esters is 1. The summed E-state index contributed by atoms with van der Waals surface area (Å²) < 4.78 is 45.0. The molecule has 1 rings (SSSR count). The highest BCUT2D eigenvalue weighted by Crippen LogP contribution is 2.31. The van der Waals surface area contributed by atoms with Gasteiger partial charge in [0.25, 0.3) is 0 Å². The third kappa shape index (κ3) is 3.71. The summed E-state index contributed by atoms with van der Waals surface area (Å²) in [5.74, 6) is -1.85. The molecule has 0 aliphatic rings. The topological polar surface area (TPSA) is 100 Å². The van der Waals surface area contributed by atoms with Gasteiger partial charge in [0, 0.05) is 6.54 Å². The Morgan fingerprint density at radius 2 is 2.11 bits per heavy atom. The van der Waals surface area contributed by atoms with Gasteiger partial charge >= 0.3 is 12.3 Å². The predicted octanol–water partition coefficient (Wildman–Crippen LogP) is 1.20. The second-order valence-corrected chi connectivity index (χ2v) is 3.33. The molecule has 4 N–H and O–H groups in total. The van der Waals surface area contributed by atoms with Crippen LogP contribution in [0.15, 0.2) is 6.20 Å². The lowest BCUT2D eigenvalue weighted by Crippen LogP contribution is -2.21. The van der Waals surface area contributed by atoms with Crippen LogP contribution in [0.2, 0.25) is 0 Å². The molecule has 1 heterocycles. The lowest BCUT2D eigenvalue weighted by Gasteiger charge is -2.15. The van der Waals surface area contributed by atoms with Crippen molar-refractivity contribution in [3.63, 3.8) is 0 Å². The SMILES string of the molecule is CCOC(=O)c1c(OC(F)(F)F)cnc(CN)c1N. The van der Waals surface area contributed by atoms with E-state index in [4.69, 9.17) is 11.5 Å². The van der Waals surface area contributed by atoms with Crippen LogP contribution in [0.4, 0.5) is 18.9 Å². The number of nitrogens with two attached hydrogens (primary N) is 2. The van der Waals surface area contributed by atoms with Gasteiger partial charge in [0.1, 0.15) is 5.56 Å². The first-order valence-electron chi connectivity index (χ1n) is 5.20. The maximum absolute atomic E-state index is 12.2. The fourth-order valence-electron chi connectivity index (χ4n) is 1.33. The smallest absolute Gasteiger partial charge is 0.462 e. The third-order valence-electron chi connectivity index (χ3n) is 2.06. The van der Waals surface area contributed by atoms with Gasteiger partial charge in [0.05, 0.1) is 24.2 Å². The Hall–Kier alpha value is -2.03. The van der Waals surface area contributed by atoms with E-state index >= 15 is 0 Å². The minimum absolute atomic E-state index is 0.0238. The first-order valence-corrected chi connectivity index (χ1v) is 5.20. The molecular weight excluding hydrogens is 267 g/mol. The molecule has 0 saturated carbocycles. The second kappa shape index (κ2) is 5.74. The van der Waals surface area contributed by atoms with Crippen molar-refractivity contribution in [1.82, 2.24) is 4.98 Å². The van der Waals surface area contributed by atoms with E-state index in [9.17, 15) is 18.0 Å². The van der Waals surface area contributed by atoms with Crippen LogP contribution in [-0.4, -0.2) is 23.9 Å². The van der Waals surface area contributed by atoms with Crippen molar-refractivity contribution >= 4 is 11.7 Å². The largest absolute Gasteiger partial charge is 0.573 e. The van der Waals surface area contributed by atoms with Crippen LogP contribution >= 0.6 is 0 Å². The Bertz CT molecular complexity index is 477. The molecule has 0 bridgehead atoms. The van der Waals surface area contributed by atoms with Crippen molar-refractivity contribution < 1.29 is 27.4 Å². The van der Waals surface area contributed by atoms with Crippen LogP contribution in [-0.2, 0) is 11.3 Å². The number of rotatable bonds is 4. The number of halogens is 3.